The van der Waals surface area contributed by atoms with Gasteiger partial charge in [0.1, 0.15) is 16.9 Å². The molecule has 2 aromatic carbocycles. The van der Waals surface area contributed by atoms with E-state index in [0.29, 0.717) is 17.0 Å². The van der Waals surface area contributed by atoms with Crippen molar-refractivity contribution in [3.05, 3.63) is 66.5 Å². The van der Waals surface area contributed by atoms with E-state index in [2.05, 4.69) is 10.3 Å². The molecule has 0 bridgehead atoms. The van der Waals surface area contributed by atoms with Crippen LogP contribution in [0, 0.1) is 0 Å². The molecule has 0 saturated carbocycles. The third-order valence-electron chi connectivity index (χ3n) is 4.51. The van der Waals surface area contributed by atoms with Crippen molar-refractivity contribution in [3.63, 3.8) is 0 Å². The molecule has 0 fully saturated rings. The molecule has 29 heavy (non-hydrogen) atoms. The highest BCUT2D eigenvalue weighted by Crippen LogP contribution is 2.36. The van der Waals surface area contributed by atoms with Gasteiger partial charge in [-0.2, -0.15) is 0 Å². The summed E-state index contributed by atoms with van der Waals surface area (Å²) in [6.07, 6.45) is 1.91. The van der Waals surface area contributed by atoms with Gasteiger partial charge in [0.05, 0.1) is 18.4 Å². The van der Waals surface area contributed by atoms with E-state index in [1.54, 1.807) is 24.4 Å². The van der Waals surface area contributed by atoms with E-state index in [1.807, 2.05) is 30.3 Å². The van der Waals surface area contributed by atoms with Crippen LogP contribution in [0.1, 0.15) is 17.3 Å². The number of furan rings is 1. The normalized spacial score (nSPS) is 11.9. The lowest BCUT2D eigenvalue weighted by Crippen LogP contribution is -2.30. The smallest absolute Gasteiger partial charge is 0.340 e. The summed E-state index contributed by atoms with van der Waals surface area (Å²) in [5, 5.41) is 4.57. The van der Waals surface area contributed by atoms with Gasteiger partial charge >= 0.3 is 5.97 Å². The minimum atomic E-state index is -1.02. The lowest BCUT2D eigenvalue weighted by atomic mass is 10.1. The molecule has 146 valence electrons. The Morgan fingerprint density at radius 1 is 1.07 bits per heavy atom. The van der Waals surface area contributed by atoms with E-state index >= 15 is 0 Å². The number of fused-ring (bicyclic) bond motifs is 3. The van der Waals surface area contributed by atoms with Gasteiger partial charge in [0, 0.05) is 29.2 Å². The van der Waals surface area contributed by atoms with Gasteiger partial charge in [0.25, 0.3) is 5.91 Å². The number of methoxy groups -OCH3 is 1. The van der Waals surface area contributed by atoms with Gasteiger partial charge < -0.3 is 19.2 Å². The lowest BCUT2D eigenvalue weighted by molar-refractivity contribution is -0.123. The second kappa shape index (κ2) is 7.63. The number of anilines is 1. The molecule has 1 atom stereocenters. The summed E-state index contributed by atoms with van der Waals surface area (Å²) in [5.41, 5.74) is 2.05. The number of carbonyl (C=O) groups excluding carboxylic acids is 2. The van der Waals surface area contributed by atoms with Crippen molar-refractivity contribution in [2.75, 3.05) is 12.4 Å². The molecule has 7 heteroatoms. The Balaban J connectivity index is 1.57. The predicted octanol–water partition coefficient (Wildman–Crippen LogP) is 4.17. The third-order valence-corrected chi connectivity index (χ3v) is 4.51. The van der Waals surface area contributed by atoms with Gasteiger partial charge in [0.2, 0.25) is 0 Å². The Morgan fingerprint density at radius 3 is 2.66 bits per heavy atom. The molecule has 2 aromatic heterocycles. The van der Waals surface area contributed by atoms with Gasteiger partial charge in [-0.1, -0.05) is 18.2 Å². The van der Waals surface area contributed by atoms with Crippen LogP contribution in [0.2, 0.25) is 0 Å². The predicted molar refractivity (Wildman–Crippen MR) is 108 cm³/mol. The molecule has 4 rings (SSSR count). The highest BCUT2D eigenvalue weighted by Gasteiger charge is 2.21. The van der Waals surface area contributed by atoms with Crippen molar-refractivity contribution in [2.45, 2.75) is 13.0 Å². The minimum Gasteiger partial charge on any atom is -0.495 e. The number of nitrogens with zero attached hydrogens (tertiary/aromatic N) is 1. The van der Waals surface area contributed by atoms with E-state index in [0.717, 1.165) is 16.4 Å². The summed E-state index contributed by atoms with van der Waals surface area (Å²) >= 11 is 0. The Bertz CT molecular complexity index is 1200. The van der Waals surface area contributed by atoms with Crippen LogP contribution in [-0.2, 0) is 9.53 Å². The summed E-state index contributed by atoms with van der Waals surface area (Å²) in [5.74, 6) is -0.639. The van der Waals surface area contributed by atoms with Crippen molar-refractivity contribution >= 4 is 39.5 Å². The number of hydrogen-bond donors (Lipinski definition) is 1. The summed E-state index contributed by atoms with van der Waals surface area (Å²) in [6.45, 7) is 1.50. The Labute approximate surface area is 166 Å². The fourth-order valence-corrected chi connectivity index (χ4v) is 3.02. The molecule has 1 N–H and O–H groups in total. The third kappa shape index (κ3) is 3.62. The zero-order valence-electron chi connectivity index (χ0n) is 15.8. The molecule has 0 spiro atoms. The number of ether oxygens (including phenoxy) is 2. The van der Waals surface area contributed by atoms with Gasteiger partial charge in [-0.15, -0.1) is 0 Å². The number of amides is 1. The fourth-order valence-electron chi connectivity index (χ4n) is 3.02. The van der Waals surface area contributed by atoms with Gasteiger partial charge in [-0.25, -0.2) is 4.79 Å². The minimum absolute atomic E-state index is 0.272. The summed E-state index contributed by atoms with van der Waals surface area (Å²) in [6, 6.07) is 14.3. The molecule has 7 nitrogen and oxygen atoms in total. The maximum atomic E-state index is 12.6. The van der Waals surface area contributed by atoms with Crippen LogP contribution in [-0.4, -0.2) is 30.1 Å². The fraction of sp³-hybridized carbons (Fsp3) is 0.136. The van der Waals surface area contributed by atoms with Crippen molar-refractivity contribution in [1.82, 2.24) is 4.98 Å². The second-order valence-electron chi connectivity index (χ2n) is 6.43. The number of hydrogen-bond acceptors (Lipinski definition) is 6. The summed E-state index contributed by atoms with van der Waals surface area (Å²) in [4.78, 5) is 28.6. The monoisotopic (exact) mass is 390 g/mol. The first-order chi connectivity index (χ1) is 14.1. The molecule has 0 unspecified atom stereocenters. The lowest BCUT2D eigenvalue weighted by Gasteiger charge is -2.15. The SMILES string of the molecule is COc1cc2c(cc1NC(=O)[C@H](C)OC(=O)c1cccnc1)oc1ccccc12. The molecule has 2 heterocycles. The van der Waals surface area contributed by atoms with Gasteiger partial charge in [0.15, 0.2) is 6.10 Å². The van der Waals surface area contributed by atoms with E-state index in [9.17, 15) is 9.59 Å². The topological polar surface area (TPSA) is 90.7 Å². The molecule has 0 saturated heterocycles. The van der Waals surface area contributed by atoms with Crippen LogP contribution in [0.3, 0.4) is 0 Å². The van der Waals surface area contributed by atoms with Gasteiger partial charge in [-0.3, -0.25) is 9.78 Å². The zero-order chi connectivity index (χ0) is 20.4. The van der Waals surface area contributed by atoms with E-state index in [1.165, 1.54) is 20.2 Å². The standard InChI is InChI=1S/C22H18N2O5/c1-13(28-22(26)14-6-5-9-23-12-14)21(25)24-17-11-19-16(10-20(17)27-2)15-7-3-4-8-18(15)29-19/h3-13H,1-2H3,(H,24,25)/t13-/m0/s1. The number of rotatable bonds is 5. The number of para-hydroxylation sites is 1. The van der Waals surface area contributed by atoms with Crippen molar-refractivity contribution in [3.8, 4) is 5.75 Å². The van der Waals surface area contributed by atoms with Crippen LogP contribution in [0.15, 0.2) is 65.3 Å². The Kier molecular flexibility index (Phi) is 4.87. The van der Waals surface area contributed by atoms with E-state index in [-0.39, 0.29) is 5.56 Å². The average molecular weight is 390 g/mol. The maximum absolute atomic E-state index is 12.6. The van der Waals surface area contributed by atoms with Gasteiger partial charge in [-0.05, 0) is 31.2 Å². The number of benzene rings is 2. The van der Waals surface area contributed by atoms with Crippen LogP contribution in [0.25, 0.3) is 21.9 Å². The summed E-state index contributed by atoms with van der Waals surface area (Å²) < 4.78 is 16.5. The molecule has 0 aliphatic heterocycles. The van der Waals surface area contributed by atoms with Crippen LogP contribution < -0.4 is 10.1 Å². The average Bonchev–Trinajstić information content (AvgIpc) is 3.11. The number of nitrogens with one attached hydrogen (secondary N) is 1. The molecule has 4 aromatic rings. The second-order valence-corrected chi connectivity index (χ2v) is 6.43. The molecular formula is C22H18N2O5. The molecule has 0 aliphatic rings. The molecule has 0 radical (unpaired) electrons. The quantitative estimate of drug-likeness (QED) is 0.514. The number of aromatic nitrogens is 1. The first kappa shape index (κ1) is 18.5. The Morgan fingerprint density at radius 2 is 1.90 bits per heavy atom. The molecule has 1 amide bonds. The number of pyridine rings is 1. The number of esters is 1. The highest BCUT2D eigenvalue weighted by molar-refractivity contribution is 6.08. The van der Waals surface area contributed by atoms with Crippen molar-refractivity contribution < 1.29 is 23.5 Å². The summed E-state index contributed by atoms with van der Waals surface area (Å²) in [7, 11) is 1.52. The molecular weight excluding hydrogens is 372 g/mol. The van der Waals surface area contributed by atoms with E-state index < -0.39 is 18.0 Å². The molecule has 0 aliphatic carbocycles. The maximum Gasteiger partial charge on any atom is 0.340 e. The largest absolute Gasteiger partial charge is 0.495 e. The highest BCUT2D eigenvalue weighted by atomic mass is 16.5. The van der Waals surface area contributed by atoms with Crippen molar-refractivity contribution in [1.29, 1.82) is 0 Å². The van der Waals surface area contributed by atoms with Crippen LogP contribution in [0.4, 0.5) is 5.69 Å². The van der Waals surface area contributed by atoms with Crippen LogP contribution >= 0.6 is 0 Å². The first-order valence-corrected chi connectivity index (χ1v) is 8.98. The number of carbonyl (C=O) groups is 2. The Hall–Kier alpha value is -3.87. The van der Waals surface area contributed by atoms with E-state index in [4.69, 9.17) is 13.9 Å². The van der Waals surface area contributed by atoms with Crippen LogP contribution in [0.5, 0.6) is 5.75 Å². The zero-order valence-corrected chi connectivity index (χ0v) is 15.8. The van der Waals surface area contributed by atoms with Crippen molar-refractivity contribution in [2.24, 2.45) is 0 Å². The first-order valence-electron chi connectivity index (χ1n) is 8.98.